The Morgan fingerprint density at radius 1 is 1.19 bits per heavy atom. The van der Waals surface area contributed by atoms with E-state index in [1.807, 2.05) is 0 Å². The minimum atomic E-state index is -0.661. The molecule has 0 aliphatic heterocycles. The lowest BCUT2D eigenvalue weighted by Gasteiger charge is -2.45. The lowest BCUT2D eigenvalue weighted by Crippen LogP contribution is -2.45. The second kappa shape index (κ2) is 6.17. The van der Waals surface area contributed by atoms with Crippen molar-refractivity contribution in [2.75, 3.05) is 6.61 Å². The van der Waals surface area contributed by atoms with Gasteiger partial charge in [0.1, 0.15) is 0 Å². The maximum Gasteiger partial charge on any atom is 0.375 e. The van der Waals surface area contributed by atoms with Gasteiger partial charge >= 0.3 is 5.97 Å². The highest BCUT2D eigenvalue weighted by atomic mass is 16.5. The maximum atomic E-state index is 12.6. The highest BCUT2D eigenvalue weighted by molar-refractivity contribution is 6.36. The molecule has 3 heteroatoms. The van der Waals surface area contributed by atoms with E-state index in [4.69, 9.17) is 4.74 Å². The Kier molecular flexibility index (Phi) is 4.70. The lowest BCUT2D eigenvalue weighted by molar-refractivity contribution is -0.159. The van der Waals surface area contributed by atoms with Gasteiger partial charge in [-0.3, -0.25) is 4.79 Å². The molecule has 0 bridgehead atoms. The molecule has 0 aromatic heterocycles. The largest absolute Gasteiger partial charge is 0.460 e. The molecule has 116 valence electrons. The van der Waals surface area contributed by atoms with Crippen molar-refractivity contribution in [1.82, 2.24) is 0 Å². The molecule has 3 nitrogen and oxygen atoms in total. The van der Waals surface area contributed by atoms with Gasteiger partial charge in [-0.15, -0.1) is 0 Å². The molecule has 0 heterocycles. The summed E-state index contributed by atoms with van der Waals surface area (Å²) in [5.41, 5.74) is 0.701. The summed E-state index contributed by atoms with van der Waals surface area (Å²) in [4.78, 5) is 24.5. The predicted octanol–water partition coefficient (Wildman–Crippen LogP) is 3.98. The maximum absolute atomic E-state index is 12.6. The van der Waals surface area contributed by atoms with Crippen LogP contribution < -0.4 is 0 Å². The van der Waals surface area contributed by atoms with Crippen LogP contribution in [0, 0.1) is 10.8 Å². The topological polar surface area (TPSA) is 43.4 Å². The number of ether oxygens (including phenoxy) is 1. The van der Waals surface area contributed by atoms with Gasteiger partial charge < -0.3 is 4.74 Å². The first-order chi connectivity index (χ1) is 10.0. The molecule has 0 atom stereocenters. The summed E-state index contributed by atoms with van der Waals surface area (Å²) in [6.07, 6.45) is 12.0. The average Bonchev–Trinajstić information content (AvgIpc) is 2.46. The standard InChI is InChI=1S/C18H26O3/c1-4-17(5-2)10-7-9-14(13-17)18(11-8-12-18)15(19)16(20)21-6-3/h7,9-10H,4-6,8,11-13H2,1-3H3. The van der Waals surface area contributed by atoms with Gasteiger partial charge in [0.15, 0.2) is 0 Å². The fraction of sp³-hybridized carbons (Fsp3) is 0.667. The van der Waals surface area contributed by atoms with Crippen LogP contribution in [0.25, 0.3) is 0 Å². The first-order valence-corrected chi connectivity index (χ1v) is 8.14. The fourth-order valence-corrected chi connectivity index (χ4v) is 3.55. The molecule has 0 aromatic rings. The number of hydrogen-bond donors (Lipinski definition) is 0. The number of carbonyl (C=O) groups excluding carboxylic acids is 2. The lowest BCUT2D eigenvalue weighted by atomic mass is 9.57. The number of ketones is 1. The fourth-order valence-electron chi connectivity index (χ4n) is 3.55. The summed E-state index contributed by atoms with van der Waals surface area (Å²) in [5, 5.41) is 0. The van der Waals surface area contributed by atoms with Crippen molar-refractivity contribution in [3.05, 3.63) is 23.8 Å². The smallest absolute Gasteiger partial charge is 0.375 e. The summed E-state index contributed by atoms with van der Waals surface area (Å²) >= 11 is 0. The Labute approximate surface area is 127 Å². The quantitative estimate of drug-likeness (QED) is 0.549. The van der Waals surface area contributed by atoms with Crippen LogP contribution in [0.4, 0.5) is 0 Å². The first-order valence-electron chi connectivity index (χ1n) is 8.14. The normalized spacial score (nSPS) is 22.1. The van der Waals surface area contributed by atoms with Crippen LogP contribution in [-0.2, 0) is 14.3 Å². The monoisotopic (exact) mass is 290 g/mol. The van der Waals surface area contributed by atoms with E-state index in [0.29, 0.717) is 0 Å². The zero-order valence-electron chi connectivity index (χ0n) is 13.4. The van der Waals surface area contributed by atoms with Gasteiger partial charge in [0.2, 0.25) is 5.78 Å². The van der Waals surface area contributed by atoms with E-state index in [1.165, 1.54) is 0 Å². The van der Waals surface area contributed by atoms with Crippen LogP contribution >= 0.6 is 0 Å². The molecular weight excluding hydrogens is 264 g/mol. The van der Waals surface area contributed by atoms with E-state index in [0.717, 1.165) is 44.1 Å². The molecule has 2 rings (SSSR count). The molecule has 1 fully saturated rings. The second-order valence-corrected chi connectivity index (χ2v) is 6.28. The van der Waals surface area contributed by atoms with E-state index in [-0.39, 0.29) is 17.8 Å². The van der Waals surface area contributed by atoms with Crippen LogP contribution in [0.5, 0.6) is 0 Å². The van der Waals surface area contributed by atoms with E-state index < -0.39 is 11.4 Å². The zero-order valence-corrected chi connectivity index (χ0v) is 13.4. The van der Waals surface area contributed by atoms with Crippen LogP contribution in [0.1, 0.15) is 59.3 Å². The van der Waals surface area contributed by atoms with Crippen molar-refractivity contribution < 1.29 is 14.3 Å². The molecule has 0 saturated heterocycles. The number of hydrogen-bond acceptors (Lipinski definition) is 3. The van der Waals surface area contributed by atoms with Crippen LogP contribution in [0.2, 0.25) is 0 Å². The third kappa shape index (κ3) is 2.70. The van der Waals surface area contributed by atoms with Gasteiger partial charge in [0.25, 0.3) is 0 Å². The number of esters is 1. The van der Waals surface area contributed by atoms with Gasteiger partial charge in [-0.05, 0) is 44.4 Å². The minimum Gasteiger partial charge on any atom is -0.460 e. The molecule has 0 N–H and O–H groups in total. The van der Waals surface area contributed by atoms with Crippen molar-refractivity contribution in [1.29, 1.82) is 0 Å². The van der Waals surface area contributed by atoms with Crippen LogP contribution in [0.15, 0.2) is 23.8 Å². The molecular formula is C18H26O3. The molecule has 1 saturated carbocycles. The van der Waals surface area contributed by atoms with Gasteiger partial charge in [0.05, 0.1) is 12.0 Å². The Hall–Kier alpha value is -1.38. The second-order valence-electron chi connectivity index (χ2n) is 6.28. The predicted molar refractivity (Wildman–Crippen MR) is 82.8 cm³/mol. The summed E-state index contributed by atoms with van der Waals surface area (Å²) in [6.45, 7) is 6.38. The van der Waals surface area contributed by atoms with Gasteiger partial charge in [-0.25, -0.2) is 4.79 Å². The summed E-state index contributed by atoms with van der Waals surface area (Å²) < 4.78 is 4.95. The first kappa shape index (κ1) is 16.0. The highest BCUT2D eigenvalue weighted by Gasteiger charge is 2.51. The average molecular weight is 290 g/mol. The summed E-state index contributed by atoms with van der Waals surface area (Å²) in [6, 6.07) is 0. The van der Waals surface area contributed by atoms with Crippen LogP contribution in [0.3, 0.4) is 0 Å². The van der Waals surface area contributed by atoms with E-state index >= 15 is 0 Å². The molecule has 0 radical (unpaired) electrons. The Morgan fingerprint density at radius 2 is 1.86 bits per heavy atom. The van der Waals surface area contributed by atoms with Gasteiger partial charge in [0, 0.05) is 0 Å². The van der Waals surface area contributed by atoms with Crippen molar-refractivity contribution in [2.24, 2.45) is 10.8 Å². The van der Waals surface area contributed by atoms with Crippen LogP contribution in [-0.4, -0.2) is 18.4 Å². The molecule has 0 spiro atoms. The van der Waals surface area contributed by atoms with Crippen molar-refractivity contribution in [2.45, 2.75) is 59.3 Å². The number of carbonyl (C=O) groups is 2. The van der Waals surface area contributed by atoms with E-state index in [9.17, 15) is 9.59 Å². The Bertz CT molecular complexity index is 477. The molecule has 21 heavy (non-hydrogen) atoms. The minimum absolute atomic E-state index is 0.140. The third-order valence-corrected chi connectivity index (χ3v) is 5.42. The van der Waals surface area contributed by atoms with Crippen molar-refractivity contribution in [3.8, 4) is 0 Å². The van der Waals surface area contributed by atoms with Gasteiger partial charge in [-0.1, -0.05) is 44.1 Å². The zero-order chi connectivity index (χ0) is 15.5. The Balaban J connectivity index is 2.26. The molecule has 0 unspecified atom stereocenters. The van der Waals surface area contributed by atoms with Crippen molar-refractivity contribution >= 4 is 11.8 Å². The summed E-state index contributed by atoms with van der Waals surface area (Å²) in [5.74, 6) is -0.996. The third-order valence-electron chi connectivity index (χ3n) is 5.42. The molecule has 2 aliphatic rings. The number of allylic oxidation sites excluding steroid dienone is 4. The Morgan fingerprint density at radius 3 is 2.33 bits per heavy atom. The molecule has 0 aromatic carbocycles. The molecule has 0 amide bonds. The van der Waals surface area contributed by atoms with E-state index in [1.54, 1.807) is 6.92 Å². The highest BCUT2D eigenvalue weighted by Crippen LogP contribution is 2.53. The van der Waals surface area contributed by atoms with E-state index in [2.05, 4.69) is 32.1 Å². The van der Waals surface area contributed by atoms with Crippen molar-refractivity contribution in [3.63, 3.8) is 0 Å². The molecule has 2 aliphatic carbocycles. The SMILES string of the molecule is CCOC(=O)C(=O)C1(C2=CC=CC(CC)(CC)C2)CCC1. The summed E-state index contributed by atoms with van der Waals surface area (Å²) in [7, 11) is 0. The number of rotatable bonds is 6. The number of Topliss-reactive ketones (excluding diaryl/α,β-unsaturated/α-hetero) is 1. The van der Waals surface area contributed by atoms with Gasteiger partial charge in [-0.2, -0.15) is 0 Å².